The van der Waals surface area contributed by atoms with Gasteiger partial charge in [-0.3, -0.25) is 0 Å². The molecule has 0 aliphatic carbocycles. The van der Waals surface area contributed by atoms with Gasteiger partial charge in [-0.25, -0.2) is 31.3 Å². The van der Waals surface area contributed by atoms with E-state index in [-0.39, 0.29) is 6.07 Å². The summed E-state index contributed by atoms with van der Waals surface area (Å²) in [5, 5.41) is 0. The molecule has 0 radical (unpaired) electrons. The summed E-state index contributed by atoms with van der Waals surface area (Å²) in [5.41, 5.74) is 0.888. The van der Waals surface area contributed by atoms with E-state index in [4.69, 9.17) is 0 Å². The van der Waals surface area contributed by atoms with E-state index in [0.717, 1.165) is 11.5 Å². The summed E-state index contributed by atoms with van der Waals surface area (Å²) < 4.78 is 67.1. The predicted molar refractivity (Wildman–Crippen MR) is 90.8 cm³/mol. The quantitative estimate of drug-likeness (QED) is 0.823. The first kappa shape index (κ1) is 18.7. The zero-order valence-electron chi connectivity index (χ0n) is 14.0. The van der Waals surface area contributed by atoms with Crippen LogP contribution in [-0.4, -0.2) is 32.5 Å². The number of rotatable bonds is 4. The fraction of sp³-hybridized carbons (Fsp3) is 0.353. The fourth-order valence-corrected chi connectivity index (χ4v) is 4.30. The number of halogens is 3. The molecule has 1 aliphatic heterocycles. The third-order valence-corrected chi connectivity index (χ3v) is 5.81. The smallest absolute Gasteiger partial charge is 0.243 e. The van der Waals surface area contributed by atoms with E-state index in [2.05, 4.69) is 9.71 Å². The zero-order valence-corrected chi connectivity index (χ0v) is 14.9. The highest BCUT2D eigenvalue weighted by molar-refractivity contribution is 7.89. The normalized spacial score (nSPS) is 16.1. The van der Waals surface area contributed by atoms with E-state index in [1.54, 1.807) is 0 Å². The molecule has 1 fully saturated rings. The molecular formula is C17H18F3N3O2S. The molecule has 0 unspecified atom stereocenters. The van der Waals surface area contributed by atoms with Crippen LogP contribution in [0.2, 0.25) is 0 Å². The van der Waals surface area contributed by atoms with Crippen LogP contribution in [0.3, 0.4) is 0 Å². The lowest BCUT2D eigenvalue weighted by Gasteiger charge is -2.33. The second-order valence-corrected chi connectivity index (χ2v) is 7.90. The minimum Gasteiger partial charge on any atom is -0.356 e. The van der Waals surface area contributed by atoms with Gasteiger partial charge in [-0.1, -0.05) is 6.07 Å². The van der Waals surface area contributed by atoms with Crippen LogP contribution < -0.4 is 9.62 Å². The summed E-state index contributed by atoms with van der Waals surface area (Å²) in [6.07, 6.45) is 0.973. The summed E-state index contributed by atoms with van der Waals surface area (Å²) in [6, 6.07) is 5.84. The van der Waals surface area contributed by atoms with Crippen molar-refractivity contribution >= 4 is 15.8 Å². The zero-order chi connectivity index (χ0) is 18.9. The maximum atomic E-state index is 13.8. The van der Waals surface area contributed by atoms with E-state index in [0.29, 0.717) is 32.0 Å². The number of hydrogen-bond acceptors (Lipinski definition) is 4. The van der Waals surface area contributed by atoms with Crippen LogP contribution in [0, 0.1) is 24.4 Å². The average Bonchev–Trinajstić information content (AvgIpc) is 2.58. The molecule has 0 bridgehead atoms. The Balaban J connectivity index is 1.68. The number of sulfonamides is 1. The van der Waals surface area contributed by atoms with Crippen LogP contribution in [0.5, 0.6) is 0 Å². The molecular weight excluding hydrogens is 367 g/mol. The molecule has 2 heterocycles. The molecule has 1 saturated heterocycles. The van der Waals surface area contributed by atoms with E-state index < -0.39 is 38.4 Å². The molecule has 3 rings (SSSR count). The van der Waals surface area contributed by atoms with Crippen LogP contribution in [0.15, 0.2) is 35.2 Å². The highest BCUT2D eigenvalue weighted by Crippen LogP contribution is 2.22. The molecule has 9 heteroatoms. The van der Waals surface area contributed by atoms with E-state index in [1.165, 1.54) is 0 Å². The summed E-state index contributed by atoms with van der Waals surface area (Å²) in [4.78, 5) is 5.58. The molecule has 1 N–H and O–H groups in total. The van der Waals surface area contributed by atoms with Crippen molar-refractivity contribution < 1.29 is 21.6 Å². The van der Waals surface area contributed by atoms with Crippen LogP contribution in [-0.2, 0) is 10.0 Å². The molecule has 0 saturated carbocycles. The van der Waals surface area contributed by atoms with Gasteiger partial charge in [0.1, 0.15) is 16.5 Å². The molecule has 0 atom stereocenters. The van der Waals surface area contributed by atoms with Crippen LogP contribution in [0.4, 0.5) is 19.0 Å². The van der Waals surface area contributed by atoms with Crippen LogP contribution in [0.25, 0.3) is 0 Å². The van der Waals surface area contributed by atoms with Crippen molar-refractivity contribution in [2.24, 2.45) is 0 Å². The predicted octanol–water partition coefficient (Wildman–Crippen LogP) is 2.75. The molecule has 140 valence electrons. The van der Waals surface area contributed by atoms with Crippen molar-refractivity contribution in [3.05, 3.63) is 53.5 Å². The van der Waals surface area contributed by atoms with Crippen molar-refractivity contribution in [2.45, 2.75) is 30.7 Å². The Labute approximate surface area is 149 Å². The summed E-state index contributed by atoms with van der Waals surface area (Å²) in [6.45, 7) is 3.04. The number of nitrogens with zero attached hydrogens (tertiary/aromatic N) is 2. The standard InChI is InChI=1S/C17H18F3N3O2S/c1-11-3-2-4-17(21-11)23-7-5-12(6-8-23)22-26(24,25)16-10-14(19)13(18)9-15(16)20/h2-4,9-10,12,22H,5-8H2,1H3. The van der Waals surface area contributed by atoms with E-state index in [1.807, 2.05) is 30.0 Å². The Morgan fingerprint density at radius 1 is 1.08 bits per heavy atom. The lowest BCUT2D eigenvalue weighted by Crippen LogP contribution is -2.45. The SMILES string of the molecule is Cc1cccc(N2CCC(NS(=O)(=O)c3cc(F)c(F)cc3F)CC2)n1. The number of aromatic nitrogens is 1. The topological polar surface area (TPSA) is 62.3 Å². The number of benzene rings is 1. The summed E-state index contributed by atoms with van der Waals surface area (Å²) in [7, 11) is -4.28. The minimum atomic E-state index is -4.28. The van der Waals surface area contributed by atoms with E-state index >= 15 is 0 Å². The second kappa shape index (κ2) is 7.24. The van der Waals surface area contributed by atoms with Gasteiger partial charge in [0.05, 0.1) is 0 Å². The summed E-state index contributed by atoms with van der Waals surface area (Å²) >= 11 is 0. The van der Waals surface area contributed by atoms with E-state index in [9.17, 15) is 21.6 Å². The Bertz CT molecular complexity index is 913. The van der Waals surface area contributed by atoms with Gasteiger partial charge in [0.2, 0.25) is 10.0 Å². The van der Waals surface area contributed by atoms with Crippen molar-refractivity contribution in [2.75, 3.05) is 18.0 Å². The average molecular weight is 385 g/mol. The molecule has 1 aromatic heterocycles. The maximum absolute atomic E-state index is 13.8. The third-order valence-electron chi connectivity index (χ3n) is 4.28. The minimum absolute atomic E-state index is 0.232. The Morgan fingerprint density at radius 3 is 2.38 bits per heavy atom. The number of hydrogen-bond donors (Lipinski definition) is 1. The van der Waals surface area contributed by atoms with Crippen molar-refractivity contribution in [1.29, 1.82) is 0 Å². The number of nitrogens with one attached hydrogen (secondary N) is 1. The number of pyridine rings is 1. The summed E-state index contributed by atoms with van der Waals surface area (Å²) in [5.74, 6) is -3.34. The number of aryl methyl sites for hydroxylation is 1. The van der Waals surface area contributed by atoms with Gasteiger partial charge in [-0.05, 0) is 38.0 Å². The van der Waals surface area contributed by atoms with Crippen LogP contribution >= 0.6 is 0 Å². The number of anilines is 1. The van der Waals surface area contributed by atoms with Gasteiger partial charge in [0, 0.05) is 30.9 Å². The van der Waals surface area contributed by atoms with Gasteiger partial charge in [-0.15, -0.1) is 0 Å². The van der Waals surface area contributed by atoms with Gasteiger partial charge in [0.25, 0.3) is 0 Å². The van der Waals surface area contributed by atoms with Crippen LogP contribution in [0.1, 0.15) is 18.5 Å². The first-order valence-corrected chi connectivity index (χ1v) is 9.60. The van der Waals surface area contributed by atoms with Gasteiger partial charge in [0.15, 0.2) is 11.6 Å². The third kappa shape index (κ3) is 3.99. The largest absolute Gasteiger partial charge is 0.356 e. The van der Waals surface area contributed by atoms with Gasteiger partial charge in [-0.2, -0.15) is 0 Å². The Morgan fingerprint density at radius 2 is 1.73 bits per heavy atom. The molecule has 5 nitrogen and oxygen atoms in total. The molecule has 1 aliphatic rings. The van der Waals surface area contributed by atoms with Gasteiger partial charge >= 0.3 is 0 Å². The first-order valence-electron chi connectivity index (χ1n) is 8.12. The first-order chi connectivity index (χ1) is 12.3. The Hall–Kier alpha value is -2.13. The van der Waals surface area contributed by atoms with Crippen molar-refractivity contribution in [1.82, 2.24) is 9.71 Å². The highest BCUT2D eigenvalue weighted by atomic mass is 32.2. The van der Waals surface area contributed by atoms with Crippen molar-refractivity contribution in [3.8, 4) is 0 Å². The monoisotopic (exact) mass is 385 g/mol. The second-order valence-electron chi connectivity index (χ2n) is 6.22. The number of piperidine rings is 1. The fourth-order valence-electron chi connectivity index (χ4n) is 2.92. The lowest BCUT2D eigenvalue weighted by molar-refractivity contribution is 0.452. The molecule has 0 amide bonds. The maximum Gasteiger partial charge on any atom is 0.243 e. The Kier molecular flexibility index (Phi) is 5.19. The molecule has 0 spiro atoms. The molecule has 2 aromatic rings. The highest BCUT2D eigenvalue weighted by Gasteiger charge is 2.28. The van der Waals surface area contributed by atoms with Crippen molar-refractivity contribution in [3.63, 3.8) is 0 Å². The lowest BCUT2D eigenvalue weighted by atomic mass is 10.1. The molecule has 1 aromatic carbocycles. The van der Waals surface area contributed by atoms with Gasteiger partial charge < -0.3 is 4.90 Å². The molecule has 26 heavy (non-hydrogen) atoms.